The van der Waals surface area contributed by atoms with Gasteiger partial charge in [0.1, 0.15) is 5.82 Å². The lowest BCUT2D eigenvalue weighted by Gasteiger charge is -2.17. The Hall–Kier alpha value is -3.07. The molecule has 5 nitrogen and oxygen atoms in total. The third-order valence-electron chi connectivity index (χ3n) is 4.35. The Bertz CT molecular complexity index is 954. The lowest BCUT2D eigenvalue weighted by molar-refractivity contribution is -0.136. The number of carbonyl (C=O) groups excluding carboxylic acids is 1. The molecule has 0 aliphatic carbocycles. The van der Waals surface area contributed by atoms with Crippen LogP contribution in [0.15, 0.2) is 42.6 Å². The number of rotatable bonds is 6. The summed E-state index contributed by atoms with van der Waals surface area (Å²) >= 11 is 0. The van der Waals surface area contributed by atoms with Crippen LogP contribution in [0.4, 0.5) is 34.6 Å². The Labute approximate surface area is 165 Å². The second kappa shape index (κ2) is 8.12. The van der Waals surface area contributed by atoms with Crippen LogP contribution >= 0.6 is 0 Å². The number of anilines is 3. The number of nitrogens with zero attached hydrogens (tertiary/aromatic N) is 1. The third-order valence-corrected chi connectivity index (χ3v) is 4.35. The summed E-state index contributed by atoms with van der Waals surface area (Å²) in [7, 11) is 3.66. The lowest BCUT2D eigenvalue weighted by Crippen LogP contribution is -2.22. The molecular weight excluding hydrogens is 388 g/mol. The van der Waals surface area contributed by atoms with Crippen molar-refractivity contribution in [2.45, 2.75) is 6.18 Å². The molecule has 29 heavy (non-hydrogen) atoms. The van der Waals surface area contributed by atoms with Crippen molar-refractivity contribution in [1.29, 1.82) is 0 Å². The first kappa shape index (κ1) is 20.7. The molecule has 3 rings (SSSR count). The minimum absolute atomic E-state index is 0.0167. The molecule has 0 radical (unpaired) electrons. The molecule has 0 fully saturated rings. The van der Waals surface area contributed by atoms with Crippen LogP contribution in [-0.2, 0) is 11.0 Å². The van der Waals surface area contributed by atoms with Gasteiger partial charge in [0.25, 0.3) is 5.91 Å². The molecule has 0 atom stereocenters. The number of carbonyl (C=O) groups is 1. The quantitative estimate of drug-likeness (QED) is 0.495. The zero-order valence-corrected chi connectivity index (χ0v) is 15.8. The van der Waals surface area contributed by atoms with E-state index in [0.29, 0.717) is 24.3 Å². The van der Waals surface area contributed by atoms with Crippen LogP contribution < -0.4 is 16.0 Å². The first-order valence-corrected chi connectivity index (χ1v) is 8.83. The Morgan fingerprint density at radius 2 is 1.90 bits per heavy atom. The van der Waals surface area contributed by atoms with Gasteiger partial charge in [-0.1, -0.05) is 0 Å². The minimum atomic E-state index is -4.54. The second-order valence-electron chi connectivity index (χ2n) is 6.83. The highest BCUT2D eigenvalue weighted by Gasteiger charge is 2.34. The van der Waals surface area contributed by atoms with Gasteiger partial charge >= 0.3 is 6.18 Å². The van der Waals surface area contributed by atoms with Crippen molar-refractivity contribution >= 4 is 28.5 Å². The van der Waals surface area contributed by atoms with E-state index in [0.717, 1.165) is 6.07 Å². The number of hydrogen-bond acceptors (Lipinski definition) is 4. The molecule has 2 aromatic carbocycles. The lowest BCUT2D eigenvalue weighted by atomic mass is 10.1. The first-order valence-electron chi connectivity index (χ1n) is 8.83. The van der Waals surface area contributed by atoms with Crippen LogP contribution in [-0.4, -0.2) is 38.0 Å². The number of halogens is 4. The maximum absolute atomic E-state index is 13.5. The van der Waals surface area contributed by atoms with Gasteiger partial charge in [0.15, 0.2) is 0 Å². The monoisotopic (exact) mass is 408 g/mol. The number of benzene rings is 2. The second-order valence-corrected chi connectivity index (χ2v) is 6.83. The topological polar surface area (TPSA) is 56.4 Å². The summed E-state index contributed by atoms with van der Waals surface area (Å²) in [5, 5.41) is 8.05. The first-order chi connectivity index (χ1) is 13.6. The Morgan fingerprint density at radius 1 is 1.14 bits per heavy atom. The normalized spacial score (nSPS) is 14.9. The van der Waals surface area contributed by atoms with E-state index in [9.17, 15) is 22.4 Å². The Kier molecular flexibility index (Phi) is 5.78. The molecule has 2 aromatic rings. The third kappa shape index (κ3) is 4.86. The highest BCUT2D eigenvalue weighted by atomic mass is 19.4. The number of alkyl halides is 3. The van der Waals surface area contributed by atoms with Crippen molar-refractivity contribution < 1.29 is 22.4 Å². The van der Waals surface area contributed by atoms with Crippen molar-refractivity contribution in [1.82, 2.24) is 4.90 Å². The molecule has 1 heterocycles. The van der Waals surface area contributed by atoms with E-state index in [1.54, 1.807) is 0 Å². The van der Waals surface area contributed by atoms with Crippen LogP contribution in [0.1, 0.15) is 11.1 Å². The molecule has 0 saturated heterocycles. The van der Waals surface area contributed by atoms with Crippen LogP contribution in [0.25, 0.3) is 5.57 Å². The van der Waals surface area contributed by atoms with Gasteiger partial charge in [0.05, 0.1) is 16.8 Å². The number of nitrogens with one attached hydrogen (secondary N) is 3. The van der Waals surface area contributed by atoms with Crippen LogP contribution in [0.3, 0.4) is 0 Å². The van der Waals surface area contributed by atoms with E-state index in [4.69, 9.17) is 0 Å². The van der Waals surface area contributed by atoms with Gasteiger partial charge in [-0.2, -0.15) is 13.2 Å². The molecule has 1 aliphatic heterocycles. The van der Waals surface area contributed by atoms with Crippen molar-refractivity contribution in [3.8, 4) is 0 Å². The molecule has 1 amide bonds. The van der Waals surface area contributed by atoms with Crippen molar-refractivity contribution in [2.24, 2.45) is 0 Å². The van der Waals surface area contributed by atoms with E-state index < -0.39 is 23.5 Å². The van der Waals surface area contributed by atoms with E-state index >= 15 is 0 Å². The Balaban J connectivity index is 1.83. The molecule has 0 bridgehead atoms. The van der Waals surface area contributed by atoms with Crippen molar-refractivity contribution in [3.63, 3.8) is 0 Å². The van der Waals surface area contributed by atoms with E-state index in [1.807, 2.05) is 19.0 Å². The maximum Gasteiger partial charge on any atom is 0.418 e. The number of fused-ring (bicyclic) bond motifs is 1. The van der Waals surface area contributed by atoms with Crippen LogP contribution in [0.2, 0.25) is 0 Å². The summed E-state index contributed by atoms with van der Waals surface area (Å²) in [6.07, 6.45) is -3.23. The predicted octanol–water partition coefficient (Wildman–Crippen LogP) is 4.22. The van der Waals surface area contributed by atoms with E-state index in [-0.39, 0.29) is 16.9 Å². The zero-order valence-electron chi connectivity index (χ0n) is 15.8. The summed E-state index contributed by atoms with van der Waals surface area (Å²) < 4.78 is 53.7. The van der Waals surface area contributed by atoms with Gasteiger partial charge in [0.2, 0.25) is 0 Å². The minimum Gasteiger partial charge on any atom is -0.383 e. The molecule has 3 N–H and O–H groups in total. The molecule has 0 spiro atoms. The van der Waals surface area contributed by atoms with Gasteiger partial charge in [0, 0.05) is 36.2 Å². The van der Waals surface area contributed by atoms with E-state index in [2.05, 4.69) is 16.0 Å². The van der Waals surface area contributed by atoms with Gasteiger partial charge < -0.3 is 20.9 Å². The zero-order chi connectivity index (χ0) is 21.2. The fraction of sp³-hybridized carbons (Fsp3) is 0.250. The highest BCUT2D eigenvalue weighted by molar-refractivity contribution is 6.31. The highest BCUT2D eigenvalue weighted by Crippen LogP contribution is 2.37. The summed E-state index contributed by atoms with van der Waals surface area (Å²) in [4.78, 5) is 13.9. The Morgan fingerprint density at radius 3 is 2.59 bits per heavy atom. The summed E-state index contributed by atoms with van der Waals surface area (Å²) in [6, 6.07) is 7.65. The molecule has 9 heteroatoms. The fourth-order valence-electron chi connectivity index (χ4n) is 2.90. The summed E-state index contributed by atoms with van der Waals surface area (Å²) in [5.41, 5.74) is 0.351. The maximum atomic E-state index is 13.5. The predicted molar refractivity (Wildman–Crippen MR) is 105 cm³/mol. The summed E-state index contributed by atoms with van der Waals surface area (Å²) in [6.45, 7) is 0.943. The van der Waals surface area contributed by atoms with Crippen LogP contribution in [0, 0.1) is 5.82 Å². The van der Waals surface area contributed by atoms with Crippen LogP contribution in [0.5, 0.6) is 0 Å². The number of amides is 1. The molecule has 0 saturated carbocycles. The average molecular weight is 408 g/mol. The molecular formula is C20H20F4N4O. The van der Waals surface area contributed by atoms with Crippen molar-refractivity contribution in [2.75, 3.05) is 43.1 Å². The SMILES string of the molecule is CN(C)CCNc1ccc(NC=C2C(=O)Nc3cc(F)ccc32)cc1C(F)(F)F. The molecule has 0 unspecified atom stereocenters. The molecule has 154 valence electrons. The fourth-order valence-corrected chi connectivity index (χ4v) is 2.90. The van der Waals surface area contributed by atoms with E-state index in [1.165, 1.54) is 36.5 Å². The van der Waals surface area contributed by atoms with Gasteiger partial charge in [-0.05, 0) is 50.5 Å². The number of likely N-dealkylation sites (N-methyl/N-ethyl adjacent to an activating group) is 1. The standard InChI is InChI=1S/C20H20F4N4O/c1-28(2)8-7-25-17-6-4-13(10-16(17)20(22,23)24)26-11-15-14-5-3-12(21)9-18(14)27-19(15)29/h3-6,9-11,25-26H,7-8H2,1-2H3,(H,27,29). The largest absolute Gasteiger partial charge is 0.418 e. The number of hydrogen-bond donors (Lipinski definition) is 3. The van der Waals surface area contributed by atoms with Gasteiger partial charge in [-0.15, -0.1) is 0 Å². The molecule has 1 aliphatic rings. The average Bonchev–Trinajstić information content (AvgIpc) is 2.93. The van der Waals surface area contributed by atoms with Gasteiger partial charge in [-0.3, -0.25) is 4.79 Å². The molecule has 0 aromatic heterocycles. The smallest absolute Gasteiger partial charge is 0.383 e. The van der Waals surface area contributed by atoms with Crippen molar-refractivity contribution in [3.05, 3.63) is 59.5 Å². The van der Waals surface area contributed by atoms with Gasteiger partial charge in [-0.25, -0.2) is 4.39 Å². The summed E-state index contributed by atoms with van der Waals surface area (Å²) in [5.74, 6) is -0.957.